The van der Waals surface area contributed by atoms with Crippen molar-refractivity contribution in [3.63, 3.8) is 0 Å². The number of nitrogens with zero attached hydrogens (tertiary/aromatic N) is 2. The number of sulfonamides is 1. The highest BCUT2D eigenvalue weighted by Gasteiger charge is 2.31. The highest BCUT2D eigenvalue weighted by molar-refractivity contribution is 7.89. The number of piperazine rings is 1. The van der Waals surface area contributed by atoms with E-state index >= 15 is 0 Å². The van der Waals surface area contributed by atoms with Crippen LogP contribution in [0, 0.1) is 13.8 Å². The van der Waals surface area contributed by atoms with Gasteiger partial charge in [-0.2, -0.15) is 4.31 Å². The summed E-state index contributed by atoms with van der Waals surface area (Å²) in [4.78, 5) is 14.0. The van der Waals surface area contributed by atoms with Crippen molar-refractivity contribution >= 4 is 15.9 Å². The zero-order valence-corrected chi connectivity index (χ0v) is 16.4. The van der Waals surface area contributed by atoms with Gasteiger partial charge in [0.1, 0.15) is 5.75 Å². The van der Waals surface area contributed by atoms with E-state index in [0.717, 1.165) is 12.0 Å². The summed E-state index contributed by atoms with van der Waals surface area (Å²) in [5.41, 5.74) is 1.49. The first-order chi connectivity index (χ1) is 11.8. The average Bonchev–Trinajstić information content (AvgIpc) is 2.58. The minimum atomic E-state index is -3.57. The van der Waals surface area contributed by atoms with Gasteiger partial charge in [-0.15, -0.1) is 0 Å². The van der Waals surface area contributed by atoms with Crippen molar-refractivity contribution in [3.05, 3.63) is 23.3 Å². The molecule has 0 aromatic heterocycles. The third-order valence-corrected chi connectivity index (χ3v) is 6.49. The maximum absolute atomic E-state index is 13.0. The lowest BCUT2D eigenvalue weighted by molar-refractivity contribution is -0.132. The monoisotopic (exact) mass is 368 g/mol. The smallest absolute Gasteiger partial charge is 0.243 e. The molecule has 1 aliphatic heterocycles. The first kappa shape index (κ1) is 19.7. The predicted octanol–water partition coefficient (Wildman–Crippen LogP) is 2.34. The zero-order valence-electron chi connectivity index (χ0n) is 15.5. The second-order valence-electron chi connectivity index (χ2n) is 6.35. The maximum Gasteiger partial charge on any atom is 0.243 e. The zero-order chi connectivity index (χ0) is 18.6. The van der Waals surface area contributed by atoms with Crippen LogP contribution in [0.25, 0.3) is 0 Å². The number of carbonyl (C=O) groups excluding carboxylic acids is 1. The fraction of sp³-hybridized carbons (Fsp3) is 0.611. The van der Waals surface area contributed by atoms with Gasteiger partial charge in [0.15, 0.2) is 0 Å². The molecular weight excluding hydrogens is 340 g/mol. The summed E-state index contributed by atoms with van der Waals surface area (Å²) in [6.45, 7) is 9.63. The van der Waals surface area contributed by atoms with Crippen LogP contribution in [0.3, 0.4) is 0 Å². The predicted molar refractivity (Wildman–Crippen MR) is 97.3 cm³/mol. The van der Waals surface area contributed by atoms with Crippen LogP contribution in [0.2, 0.25) is 0 Å². The van der Waals surface area contributed by atoms with Crippen molar-refractivity contribution in [2.45, 2.75) is 45.4 Å². The van der Waals surface area contributed by atoms with E-state index in [2.05, 4.69) is 0 Å². The fourth-order valence-electron chi connectivity index (χ4n) is 3.04. The maximum atomic E-state index is 13.0. The second kappa shape index (κ2) is 8.19. The quantitative estimate of drug-likeness (QED) is 0.773. The molecular formula is C18H28N2O4S. The normalized spacial score (nSPS) is 16.1. The molecule has 1 aromatic rings. The Balaban J connectivity index is 2.17. The van der Waals surface area contributed by atoms with Crippen LogP contribution in [0.15, 0.2) is 17.0 Å². The summed E-state index contributed by atoms with van der Waals surface area (Å²) in [5, 5.41) is 0. The Morgan fingerprint density at radius 2 is 1.72 bits per heavy atom. The summed E-state index contributed by atoms with van der Waals surface area (Å²) >= 11 is 0. The minimum absolute atomic E-state index is 0.104. The molecule has 25 heavy (non-hydrogen) atoms. The van der Waals surface area contributed by atoms with E-state index in [1.807, 2.05) is 20.8 Å². The third-order valence-electron chi connectivity index (χ3n) is 4.45. The Kier molecular flexibility index (Phi) is 6.46. The van der Waals surface area contributed by atoms with Crippen molar-refractivity contribution in [1.29, 1.82) is 0 Å². The topological polar surface area (TPSA) is 66.9 Å². The lowest BCUT2D eigenvalue weighted by Gasteiger charge is -2.34. The average molecular weight is 368 g/mol. The summed E-state index contributed by atoms with van der Waals surface area (Å²) < 4.78 is 33.0. The van der Waals surface area contributed by atoms with Crippen molar-refractivity contribution in [1.82, 2.24) is 9.21 Å². The summed E-state index contributed by atoms with van der Waals surface area (Å²) in [6, 6.07) is 3.47. The number of ether oxygens (including phenoxy) is 1. The summed E-state index contributed by atoms with van der Waals surface area (Å²) in [6.07, 6.45) is 1.33. The Morgan fingerprint density at radius 1 is 1.08 bits per heavy atom. The Hall–Kier alpha value is -1.60. The van der Waals surface area contributed by atoms with Crippen molar-refractivity contribution < 1.29 is 17.9 Å². The lowest BCUT2D eigenvalue weighted by atomic mass is 10.1. The van der Waals surface area contributed by atoms with Gasteiger partial charge in [0.25, 0.3) is 0 Å². The molecule has 0 unspecified atom stereocenters. The van der Waals surface area contributed by atoms with E-state index in [9.17, 15) is 13.2 Å². The van der Waals surface area contributed by atoms with E-state index in [-0.39, 0.29) is 5.91 Å². The standard InChI is InChI=1S/C18H28N2O4S/c1-5-7-18(21)19-8-10-20(11-9-19)25(22,23)17-13-14(3)16(24-6-2)12-15(17)4/h12-13H,5-11H2,1-4H3. The number of hydrogen-bond acceptors (Lipinski definition) is 4. The van der Waals surface area contributed by atoms with Crippen molar-refractivity contribution in [2.75, 3.05) is 32.8 Å². The molecule has 2 rings (SSSR count). The molecule has 0 spiro atoms. The van der Waals surface area contributed by atoms with Gasteiger partial charge >= 0.3 is 0 Å². The minimum Gasteiger partial charge on any atom is -0.494 e. The van der Waals surface area contributed by atoms with Gasteiger partial charge in [-0.05, 0) is 50.5 Å². The van der Waals surface area contributed by atoms with Gasteiger partial charge in [0, 0.05) is 32.6 Å². The molecule has 7 heteroatoms. The molecule has 1 saturated heterocycles. The SMILES string of the molecule is CCCC(=O)N1CCN(S(=O)(=O)c2cc(C)c(OCC)cc2C)CC1. The molecule has 0 N–H and O–H groups in total. The molecule has 0 bridgehead atoms. The number of benzene rings is 1. The van der Waals surface area contributed by atoms with Gasteiger partial charge in [0.2, 0.25) is 15.9 Å². The number of aryl methyl sites for hydroxylation is 2. The molecule has 1 heterocycles. The van der Waals surface area contributed by atoms with Crippen LogP contribution in [0.1, 0.15) is 37.8 Å². The molecule has 1 fully saturated rings. The van der Waals surface area contributed by atoms with E-state index in [1.54, 1.807) is 24.0 Å². The van der Waals surface area contributed by atoms with Crippen molar-refractivity contribution in [3.8, 4) is 5.75 Å². The van der Waals surface area contributed by atoms with Gasteiger partial charge in [-0.1, -0.05) is 6.92 Å². The molecule has 0 atom stereocenters. The van der Waals surface area contributed by atoms with Gasteiger partial charge in [-0.25, -0.2) is 8.42 Å². The number of rotatable bonds is 6. The number of carbonyl (C=O) groups is 1. The van der Waals surface area contributed by atoms with E-state index < -0.39 is 10.0 Å². The summed E-state index contributed by atoms with van der Waals surface area (Å²) in [5.74, 6) is 0.821. The van der Waals surface area contributed by atoms with E-state index in [1.165, 1.54) is 4.31 Å². The van der Waals surface area contributed by atoms with Crippen LogP contribution in [0.5, 0.6) is 5.75 Å². The van der Waals surface area contributed by atoms with Gasteiger partial charge in [0.05, 0.1) is 11.5 Å². The van der Waals surface area contributed by atoms with E-state index in [4.69, 9.17) is 4.74 Å². The number of hydrogen-bond donors (Lipinski definition) is 0. The summed E-state index contributed by atoms with van der Waals surface area (Å²) in [7, 11) is -3.57. The molecule has 6 nitrogen and oxygen atoms in total. The molecule has 1 amide bonds. The van der Waals surface area contributed by atoms with Gasteiger partial charge < -0.3 is 9.64 Å². The second-order valence-corrected chi connectivity index (χ2v) is 8.26. The highest BCUT2D eigenvalue weighted by Crippen LogP contribution is 2.28. The third kappa shape index (κ3) is 4.33. The first-order valence-electron chi connectivity index (χ1n) is 8.83. The van der Waals surface area contributed by atoms with Crippen LogP contribution in [-0.4, -0.2) is 56.3 Å². The first-order valence-corrected chi connectivity index (χ1v) is 10.3. The molecule has 1 aromatic carbocycles. The van der Waals surface area contributed by atoms with Crippen LogP contribution in [-0.2, 0) is 14.8 Å². The van der Waals surface area contributed by atoms with Gasteiger partial charge in [-0.3, -0.25) is 4.79 Å². The van der Waals surface area contributed by atoms with E-state index in [0.29, 0.717) is 55.4 Å². The van der Waals surface area contributed by atoms with Crippen LogP contribution >= 0.6 is 0 Å². The van der Waals surface area contributed by atoms with Crippen LogP contribution in [0.4, 0.5) is 0 Å². The van der Waals surface area contributed by atoms with Crippen LogP contribution < -0.4 is 4.74 Å². The largest absolute Gasteiger partial charge is 0.494 e. The molecule has 0 saturated carbocycles. The number of amides is 1. The Bertz CT molecular complexity index is 723. The molecule has 0 radical (unpaired) electrons. The van der Waals surface area contributed by atoms with Crippen molar-refractivity contribution in [2.24, 2.45) is 0 Å². The fourth-order valence-corrected chi connectivity index (χ4v) is 4.75. The lowest BCUT2D eigenvalue weighted by Crippen LogP contribution is -2.50. The molecule has 1 aliphatic rings. The molecule has 140 valence electrons. The Labute approximate surface area is 150 Å². The Morgan fingerprint density at radius 3 is 2.28 bits per heavy atom. The highest BCUT2D eigenvalue weighted by atomic mass is 32.2. The molecule has 0 aliphatic carbocycles.